The highest BCUT2D eigenvalue weighted by atomic mass is 16.2. The van der Waals surface area contributed by atoms with E-state index in [1.165, 1.54) is 0 Å². The smallest absolute Gasteiger partial charge is 0.244 e. The number of rotatable bonds is 4. The molecule has 3 rings (SSSR count). The van der Waals surface area contributed by atoms with E-state index in [0.717, 1.165) is 36.3 Å². The molecule has 1 atom stereocenters. The molecule has 2 aromatic heterocycles. The lowest BCUT2D eigenvalue weighted by Gasteiger charge is -2.25. The number of anilines is 1. The van der Waals surface area contributed by atoms with Crippen LogP contribution >= 0.6 is 0 Å². The Morgan fingerprint density at radius 1 is 1.50 bits per heavy atom. The highest BCUT2D eigenvalue weighted by Crippen LogP contribution is 2.32. The van der Waals surface area contributed by atoms with Crippen LogP contribution in [0.25, 0.3) is 0 Å². The monoisotopic (exact) mass is 299 g/mol. The fourth-order valence-corrected chi connectivity index (χ4v) is 2.99. The number of aryl methyl sites for hydroxylation is 1. The molecule has 1 saturated heterocycles. The lowest BCUT2D eigenvalue weighted by atomic mass is 10.1. The predicted molar refractivity (Wildman–Crippen MR) is 84.4 cm³/mol. The second kappa shape index (κ2) is 6.17. The van der Waals surface area contributed by atoms with E-state index in [2.05, 4.69) is 15.4 Å². The molecule has 22 heavy (non-hydrogen) atoms. The van der Waals surface area contributed by atoms with Crippen molar-refractivity contribution in [2.24, 2.45) is 0 Å². The first-order chi connectivity index (χ1) is 10.7. The van der Waals surface area contributed by atoms with Crippen LogP contribution in [0, 0.1) is 6.92 Å². The van der Waals surface area contributed by atoms with Gasteiger partial charge in [0, 0.05) is 26.0 Å². The van der Waals surface area contributed by atoms with Gasteiger partial charge in [-0.3, -0.25) is 9.48 Å². The number of aromatic nitrogens is 3. The highest BCUT2D eigenvalue weighted by Gasteiger charge is 2.30. The van der Waals surface area contributed by atoms with Crippen molar-refractivity contribution in [3.05, 3.63) is 41.9 Å². The zero-order valence-corrected chi connectivity index (χ0v) is 13.0. The predicted octanol–water partition coefficient (Wildman–Crippen LogP) is 1.99. The van der Waals surface area contributed by atoms with Crippen molar-refractivity contribution in [1.82, 2.24) is 19.7 Å². The Balaban J connectivity index is 1.75. The van der Waals surface area contributed by atoms with Gasteiger partial charge in [0.15, 0.2) is 0 Å². The van der Waals surface area contributed by atoms with Crippen molar-refractivity contribution >= 4 is 11.7 Å². The summed E-state index contributed by atoms with van der Waals surface area (Å²) in [6.45, 7) is 3.08. The molecule has 6 heteroatoms. The quantitative estimate of drug-likeness (QED) is 0.938. The summed E-state index contributed by atoms with van der Waals surface area (Å²) in [5.74, 6) is 0.952. The number of carbonyl (C=O) groups excluding carboxylic acids is 1. The lowest BCUT2D eigenvalue weighted by Crippen LogP contribution is -2.33. The second-order valence-electron chi connectivity index (χ2n) is 5.68. The Bertz CT molecular complexity index is 666. The van der Waals surface area contributed by atoms with Crippen LogP contribution in [-0.2, 0) is 11.3 Å². The normalized spacial score (nSPS) is 17.7. The number of carbonyl (C=O) groups is 1. The molecule has 6 nitrogen and oxygen atoms in total. The fourth-order valence-electron chi connectivity index (χ4n) is 2.99. The number of hydrogen-bond donors (Lipinski definition) is 1. The molecule has 0 radical (unpaired) electrons. The fraction of sp³-hybridized carbons (Fsp3) is 0.438. The molecule has 0 aliphatic carbocycles. The molecule has 1 amide bonds. The third kappa shape index (κ3) is 2.95. The molecular formula is C16H21N5O. The van der Waals surface area contributed by atoms with Gasteiger partial charge in [-0.1, -0.05) is 0 Å². The summed E-state index contributed by atoms with van der Waals surface area (Å²) in [5, 5.41) is 7.25. The first kappa shape index (κ1) is 14.6. The van der Waals surface area contributed by atoms with Crippen LogP contribution in [0.3, 0.4) is 0 Å². The van der Waals surface area contributed by atoms with Gasteiger partial charge in [-0.05, 0) is 43.0 Å². The van der Waals surface area contributed by atoms with Gasteiger partial charge in [0.2, 0.25) is 5.91 Å². The van der Waals surface area contributed by atoms with E-state index < -0.39 is 0 Å². The molecule has 0 saturated carbocycles. The largest absolute Gasteiger partial charge is 0.373 e. The number of nitrogens with one attached hydrogen (secondary N) is 1. The van der Waals surface area contributed by atoms with Gasteiger partial charge in [0.05, 0.1) is 12.2 Å². The molecule has 0 bridgehead atoms. The average Bonchev–Trinajstić information content (AvgIpc) is 3.16. The van der Waals surface area contributed by atoms with E-state index >= 15 is 0 Å². The topological polar surface area (TPSA) is 63.1 Å². The molecule has 116 valence electrons. The van der Waals surface area contributed by atoms with Crippen LogP contribution in [0.2, 0.25) is 0 Å². The van der Waals surface area contributed by atoms with Gasteiger partial charge in [0.25, 0.3) is 0 Å². The summed E-state index contributed by atoms with van der Waals surface area (Å²) in [6, 6.07) is 4.16. The minimum Gasteiger partial charge on any atom is -0.373 e. The first-order valence-electron chi connectivity index (χ1n) is 7.59. The Kier molecular flexibility index (Phi) is 4.09. The van der Waals surface area contributed by atoms with E-state index in [9.17, 15) is 4.79 Å². The van der Waals surface area contributed by atoms with Crippen LogP contribution in [0.1, 0.15) is 30.0 Å². The Hall–Kier alpha value is -2.37. The molecular weight excluding hydrogens is 278 g/mol. The third-order valence-corrected chi connectivity index (χ3v) is 4.06. The minimum atomic E-state index is 0.119. The molecule has 1 aliphatic heterocycles. The van der Waals surface area contributed by atoms with Crippen LogP contribution in [-0.4, -0.2) is 39.2 Å². The van der Waals surface area contributed by atoms with Crippen molar-refractivity contribution in [2.75, 3.05) is 18.9 Å². The number of hydrogen-bond acceptors (Lipinski definition) is 4. The Morgan fingerprint density at radius 2 is 2.36 bits per heavy atom. The Morgan fingerprint density at radius 3 is 3.09 bits per heavy atom. The van der Waals surface area contributed by atoms with Gasteiger partial charge in [0.1, 0.15) is 12.4 Å². The number of pyridine rings is 1. The standard InChI is InChI=1S/C16H21N5O/c1-12-9-19-20(10-12)11-16(22)21-7-3-4-14(21)13-5-6-18-15(8-13)17-2/h5-6,8-10,14H,3-4,7,11H2,1-2H3,(H,17,18)/t14-/m0/s1. The summed E-state index contributed by atoms with van der Waals surface area (Å²) in [7, 11) is 1.85. The van der Waals surface area contributed by atoms with E-state index in [4.69, 9.17) is 0 Å². The molecule has 0 aromatic carbocycles. The van der Waals surface area contributed by atoms with Gasteiger partial charge >= 0.3 is 0 Å². The van der Waals surface area contributed by atoms with Gasteiger partial charge in [-0.25, -0.2) is 4.98 Å². The zero-order chi connectivity index (χ0) is 15.5. The van der Waals surface area contributed by atoms with Crippen molar-refractivity contribution < 1.29 is 4.79 Å². The maximum atomic E-state index is 12.6. The molecule has 3 heterocycles. The first-order valence-corrected chi connectivity index (χ1v) is 7.59. The number of amides is 1. The lowest BCUT2D eigenvalue weighted by molar-refractivity contribution is -0.133. The summed E-state index contributed by atoms with van der Waals surface area (Å²) in [5.41, 5.74) is 2.21. The third-order valence-electron chi connectivity index (χ3n) is 4.06. The maximum absolute atomic E-state index is 12.6. The van der Waals surface area contributed by atoms with Gasteiger partial charge < -0.3 is 10.2 Å². The zero-order valence-electron chi connectivity index (χ0n) is 13.0. The van der Waals surface area contributed by atoms with E-state index in [-0.39, 0.29) is 11.9 Å². The molecule has 1 fully saturated rings. The average molecular weight is 299 g/mol. The van der Waals surface area contributed by atoms with Crippen LogP contribution in [0.4, 0.5) is 5.82 Å². The number of nitrogens with zero attached hydrogens (tertiary/aromatic N) is 4. The van der Waals surface area contributed by atoms with E-state index in [1.807, 2.05) is 37.2 Å². The van der Waals surface area contributed by atoms with Crippen molar-refractivity contribution in [3.63, 3.8) is 0 Å². The van der Waals surface area contributed by atoms with Gasteiger partial charge in [-0.2, -0.15) is 5.10 Å². The molecule has 0 spiro atoms. The second-order valence-corrected chi connectivity index (χ2v) is 5.68. The highest BCUT2D eigenvalue weighted by molar-refractivity contribution is 5.76. The van der Waals surface area contributed by atoms with Crippen molar-refractivity contribution in [2.45, 2.75) is 32.4 Å². The molecule has 1 N–H and O–H groups in total. The minimum absolute atomic E-state index is 0.119. The molecule has 2 aromatic rings. The van der Waals surface area contributed by atoms with E-state index in [1.54, 1.807) is 17.1 Å². The summed E-state index contributed by atoms with van der Waals surface area (Å²) in [6.07, 6.45) is 7.49. The van der Waals surface area contributed by atoms with E-state index in [0.29, 0.717) is 6.54 Å². The summed E-state index contributed by atoms with van der Waals surface area (Å²) < 4.78 is 1.71. The van der Waals surface area contributed by atoms with Crippen LogP contribution in [0.15, 0.2) is 30.7 Å². The molecule has 1 aliphatic rings. The summed E-state index contributed by atoms with van der Waals surface area (Å²) in [4.78, 5) is 18.8. The van der Waals surface area contributed by atoms with Gasteiger partial charge in [-0.15, -0.1) is 0 Å². The van der Waals surface area contributed by atoms with Crippen molar-refractivity contribution in [1.29, 1.82) is 0 Å². The van der Waals surface area contributed by atoms with Crippen molar-refractivity contribution in [3.8, 4) is 0 Å². The SMILES string of the molecule is CNc1cc([C@@H]2CCCN2C(=O)Cn2cc(C)cn2)ccn1. The van der Waals surface area contributed by atoms with Crippen LogP contribution < -0.4 is 5.32 Å². The maximum Gasteiger partial charge on any atom is 0.244 e. The summed E-state index contributed by atoms with van der Waals surface area (Å²) >= 11 is 0. The van der Waals surface area contributed by atoms with Crippen LogP contribution in [0.5, 0.6) is 0 Å². The molecule has 0 unspecified atom stereocenters. The number of likely N-dealkylation sites (tertiary alicyclic amines) is 1. The Labute approximate surface area is 130 Å².